The summed E-state index contributed by atoms with van der Waals surface area (Å²) < 4.78 is 0. The molecule has 0 aliphatic carbocycles. The van der Waals surface area contributed by atoms with Crippen LogP contribution in [-0.2, 0) is 11.2 Å². The van der Waals surface area contributed by atoms with E-state index in [0.29, 0.717) is 24.5 Å². The van der Waals surface area contributed by atoms with Gasteiger partial charge in [0.05, 0.1) is 6.04 Å². The van der Waals surface area contributed by atoms with Crippen LogP contribution in [0.1, 0.15) is 18.4 Å². The molecule has 2 aromatic carbocycles. The number of aryl methyl sites for hydroxylation is 1. The highest BCUT2D eigenvalue weighted by molar-refractivity contribution is 6.30. The van der Waals surface area contributed by atoms with E-state index in [9.17, 15) is 9.59 Å². The number of nitrogens with zero attached hydrogens (tertiary/aromatic N) is 1. The van der Waals surface area contributed by atoms with Gasteiger partial charge in [-0.1, -0.05) is 41.9 Å². The summed E-state index contributed by atoms with van der Waals surface area (Å²) in [4.78, 5) is 25.9. The molecular formula is C20H22ClN3O2. The molecular weight excluding hydrogens is 350 g/mol. The smallest absolute Gasteiger partial charge is 0.315 e. The third-order valence-corrected chi connectivity index (χ3v) is 4.62. The lowest BCUT2D eigenvalue weighted by molar-refractivity contribution is -0.117. The Kier molecular flexibility index (Phi) is 6.12. The second-order valence-electron chi connectivity index (χ2n) is 6.37. The van der Waals surface area contributed by atoms with Crippen molar-refractivity contribution in [2.24, 2.45) is 0 Å². The molecule has 0 saturated carbocycles. The minimum atomic E-state index is -0.228. The largest absolute Gasteiger partial charge is 0.338 e. The van der Waals surface area contributed by atoms with Gasteiger partial charge in [-0.25, -0.2) is 4.79 Å². The number of hydrogen-bond donors (Lipinski definition) is 2. The molecule has 1 aliphatic heterocycles. The molecule has 2 aromatic rings. The van der Waals surface area contributed by atoms with Crippen LogP contribution < -0.4 is 15.5 Å². The Morgan fingerprint density at radius 1 is 1.12 bits per heavy atom. The van der Waals surface area contributed by atoms with E-state index < -0.39 is 0 Å². The van der Waals surface area contributed by atoms with Gasteiger partial charge in [-0.2, -0.15) is 0 Å². The Balaban J connectivity index is 1.40. The molecule has 1 aliphatic rings. The number of amides is 3. The molecule has 136 valence electrons. The first-order valence-electron chi connectivity index (χ1n) is 8.76. The number of anilines is 1. The third-order valence-electron chi connectivity index (χ3n) is 4.37. The number of halogens is 1. The van der Waals surface area contributed by atoms with Gasteiger partial charge in [0.2, 0.25) is 5.91 Å². The van der Waals surface area contributed by atoms with E-state index in [2.05, 4.69) is 22.8 Å². The van der Waals surface area contributed by atoms with Crippen LogP contribution in [0.3, 0.4) is 0 Å². The highest BCUT2D eigenvalue weighted by Gasteiger charge is 2.31. The Morgan fingerprint density at radius 3 is 2.58 bits per heavy atom. The van der Waals surface area contributed by atoms with Gasteiger partial charge < -0.3 is 15.5 Å². The van der Waals surface area contributed by atoms with E-state index in [4.69, 9.17) is 11.6 Å². The Bertz CT molecular complexity index is 749. The van der Waals surface area contributed by atoms with Crippen LogP contribution in [0.15, 0.2) is 54.6 Å². The third kappa shape index (κ3) is 4.99. The molecule has 3 rings (SSSR count). The fourth-order valence-corrected chi connectivity index (χ4v) is 3.18. The second kappa shape index (κ2) is 8.72. The van der Waals surface area contributed by atoms with Crippen LogP contribution in [0, 0.1) is 0 Å². The van der Waals surface area contributed by atoms with Crippen LogP contribution in [-0.4, -0.2) is 31.1 Å². The average Bonchev–Trinajstić information content (AvgIpc) is 3.00. The summed E-state index contributed by atoms with van der Waals surface area (Å²) in [5, 5.41) is 6.37. The van der Waals surface area contributed by atoms with Crippen molar-refractivity contribution in [2.45, 2.75) is 25.3 Å². The van der Waals surface area contributed by atoms with E-state index in [1.807, 2.05) is 30.3 Å². The summed E-state index contributed by atoms with van der Waals surface area (Å²) in [5.41, 5.74) is 2.06. The van der Waals surface area contributed by atoms with Gasteiger partial charge >= 0.3 is 6.03 Å². The number of rotatable bonds is 6. The van der Waals surface area contributed by atoms with Crippen molar-refractivity contribution < 1.29 is 9.59 Å². The van der Waals surface area contributed by atoms with E-state index in [1.165, 1.54) is 5.56 Å². The van der Waals surface area contributed by atoms with Gasteiger partial charge in [0.1, 0.15) is 0 Å². The lowest BCUT2D eigenvalue weighted by Gasteiger charge is -2.17. The predicted molar refractivity (Wildman–Crippen MR) is 104 cm³/mol. The standard InChI is InChI=1S/C20H22ClN3O2/c21-16-8-10-18(11-9-16)24-14-17(13-19(24)25)23-20(26)22-12-4-7-15-5-2-1-3-6-15/h1-3,5-6,8-11,17H,4,7,12-14H2,(H2,22,23,26)/t17-/m1/s1. The van der Waals surface area contributed by atoms with Crippen molar-refractivity contribution in [1.82, 2.24) is 10.6 Å². The lowest BCUT2D eigenvalue weighted by Crippen LogP contribution is -2.43. The first-order chi connectivity index (χ1) is 12.6. The molecule has 5 nitrogen and oxygen atoms in total. The molecule has 1 saturated heterocycles. The summed E-state index contributed by atoms with van der Waals surface area (Å²) in [5.74, 6) is 0.00157. The van der Waals surface area contributed by atoms with Gasteiger partial charge in [0, 0.05) is 30.2 Å². The van der Waals surface area contributed by atoms with Gasteiger partial charge in [-0.15, -0.1) is 0 Å². The lowest BCUT2D eigenvalue weighted by atomic mass is 10.1. The number of hydrogen-bond acceptors (Lipinski definition) is 2. The zero-order valence-corrected chi connectivity index (χ0v) is 15.2. The van der Waals surface area contributed by atoms with E-state index in [-0.39, 0.29) is 18.0 Å². The average molecular weight is 372 g/mol. The number of nitrogens with one attached hydrogen (secondary N) is 2. The number of urea groups is 1. The molecule has 1 fully saturated rings. The molecule has 0 radical (unpaired) electrons. The Hall–Kier alpha value is -2.53. The topological polar surface area (TPSA) is 61.4 Å². The molecule has 2 N–H and O–H groups in total. The Labute approximate surface area is 158 Å². The second-order valence-corrected chi connectivity index (χ2v) is 6.81. The normalized spacial score (nSPS) is 16.6. The maximum absolute atomic E-state index is 12.2. The van der Waals surface area contributed by atoms with Crippen molar-refractivity contribution in [3.05, 3.63) is 65.2 Å². The molecule has 1 heterocycles. The highest BCUT2D eigenvalue weighted by atomic mass is 35.5. The van der Waals surface area contributed by atoms with Crippen molar-refractivity contribution >= 4 is 29.2 Å². The van der Waals surface area contributed by atoms with Gasteiger partial charge in [-0.05, 0) is 42.7 Å². The summed E-state index contributed by atoms with van der Waals surface area (Å²) in [7, 11) is 0. The maximum Gasteiger partial charge on any atom is 0.315 e. The predicted octanol–water partition coefficient (Wildman–Crippen LogP) is 3.38. The molecule has 6 heteroatoms. The van der Waals surface area contributed by atoms with Crippen molar-refractivity contribution in [2.75, 3.05) is 18.0 Å². The summed E-state index contributed by atoms with van der Waals surface area (Å²) in [6.07, 6.45) is 2.10. The monoisotopic (exact) mass is 371 g/mol. The number of benzene rings is 2. The quantitative estimate of drug-likeness (QED) is 0.765. The SMILES string of the molecule is O=C(NCCCc1ccccc1)N[C@@H]1CC(=O)N(c2ccc(Cl)cc2)C1. The Morgan fingerprint density at radius 2 is 1.85 bits per heavy atom. The van der Waals surface area contributed by atoms with Crippen molar-refractivity contribution in [1.29, 1.82) is 0 Å². The molecule has 0 spiro atoms. The van der Waals surface area contributed by atoms with Gasteiger partial charge in [-0.3, -0.25) is 4.79 Å². The molecule has 0 aromatic heterocycles. The fourth-order valence-electron chi connectivity index (χ4n) is 3.05. The van der Waals surface area contributed by atoms with Gasteiger partial charge in [0.15, 0.2) is 0 Å². The van der Waals surface area contributed by atoms with Gasteiger partial charge in [0.25, 0.3) is 0 Å². The van der Waals surface area contributed by atoms with Crippen LogP contribution >= 0.6 is 11.6 Å². The van der Waals surface area contributed by atoms with E-state index >= 15 is 0 Å². The van der Waals surface area contributed by atoms with Crippen LogP contribution in [0.25, 0.3) is 0 Å². The van der Waals surface area contributed by atoms with E-state index in [0.717, 1.165) is 18.5 Å². The molecule has 0 unspecified atom stereocenters. The minimum absolute atomic E-state index is 0.00157. The zero-order chi connectivity index (χ0) is 18.4. The molecule has 26 heavy (non-hydrogen) atoms. The zero-order valence-electron chi connectivity index (χ0n) is 14.5. The summed E-state index contributed by atoms with van der Waals surface area (Å²) >= 11 is 5.88. The van der Waals surface area contributed by atoms with Crippen LogP contribution in [0.4, 0.5) is 10.5 Å². The summed E-state index contributed by atoms with van der Waals surface area (Å²) in [6.45, 7) is 1.07. The molecule has 3 amide bonds. The minimum Gasteiger partial charge on any atom is -0.338 e. The fraction of sp³-hybridized carbons (Fsp3) is 0.300. The van der Waals surface area contributed by atoms with E-state index in [1.54, 1.807) is 17.0 Å². The van der Waals surface area contributed by atoms with Crippen LogP contribution in [0.2, 0.25) is 5.02 Å². The molecule has 0 bridgehead atoms. The highest BCUT2D eigenvalue weighted by Crippen LogP contribution is 2.23. The number of carbonyl (C=O) groups is 2. The first kappa shape index (κ1) is 18.3. The maximum atomic E-state index is 12.2. The first-order valence-corrected chi connectivity index (χ1v) is 9.14. The summed E-state index contributed by atoms with van der Waals surface area (Å²) in [6, 6.07) is 16.9. The number of carbonyl (C=O) groups excluding carboxylic acids is 2. The van der Waals surface area contributed by atoms with Crippen molar-refractivity contribution in [3.8, 4) is 0 Å². The molecule has 1 atom stereocenters. The van der Waals surface area contributed by atoms with Crippen LogP contribution in [0.5, 0.6) is 0 Å². The van der Waals surface area contributed by atoms with Crippen molar-refractivity contribution in [3.63, 3.8) is 0 Å².